The second-order valence-corrected chi connectivity index (χ2v) is 9.06. The first-order chi connectivity index (χ1) is 13.7. The molecule has 0 N–H and O–H groups in total. The lowest BCUT2D eigenvalue weighted by atomic mass is 9.95. The van der Waals surface area contributed by atoms with Crippen LogP contribution < -0.4 is 4.90 Å². The third kappa shape index (κ3) is 3.79. The highest BCUT2D eigenvalue weighted by Gasteiger charge is 2.31. The molecule has 2 fully saturated rings. The largest absolute Gasteiger partial charge is 0.356 e. The van der Waals surface area contributed by atoms with E-state index in [2.05, 4.69) is 28.0 Å². The van der Waals surface area contributed by atoms with Crippen LogP contribution in [0.1, 0.15) is 60.7 Å². The first-order valence-corrected chi connectivity index (χ1v) is 11.0. The summed E-state index contributed by atoms with van der Waals surface area (Å²) in [5.41, 5.74) is 3.91. The Labute approximate surface area is 168 Å². The zero-order valence-electron chi connectivity index (χ0n) is 17.3. The molecule has 2 aliphatic heterocycles. The van der Waals surface area contributed by atoms with Gasteiger partial charge in [0, 0.05) is 62.2 Å². The first-order valence-electron chi connectivity index (χ1n) is 11.0. The Morgan fingerprint density at radius 1 is 1.11 bits per heavy atom. The number of anilines is 1. The van der Waals surface area contributed by atoms with E-state index in [0.717, 1.165) is 44.3 Å². The number of piperidine rings is 1. The molecule has 3 aliphatic rings. The average Bonchev–Trinajstić information content (AvgIpc) is 3.42. The minimum absolute atomic E-state index is 0.444. The Bertz CT molecular complexity index is 840. The zero-order valence-corrected chi connectivity index (χ0v) is 17.3. The summed E-state index contributed by atoms with van der Waals surface area (Å²) in [5, 5.41) is 4.32. The molecule has 0 amide bonds. The Hall–Kier alpha value is -1.95. The fourth-order valence-electron chi connectivity index (χ4n) is 4.90. The summed E-state index contributed by atoms with van der Waals surface area (Å²) < 4.78 is 1.89. The molecular formula is C22H32N6. The van der Waals surface area contributed by atoms with Crippen molar-refractivity contribution in [2.24, 2.45) is 13.0 Å². The molecule has 5 rings (SSSR count). The molecule has 1 atom stereocenters. The van der Waals surface area contributed by atoms with Crippen molar-refractivity contribution in [3.05, 3.63) is 35.0 Å². The van der Waals surface area contributed by atoms with Gasteiger partial charge in [0.2, 0.25) is 0 Å². The summed E-state index contributed by atoms with van der Waals surface area (Å²) in [5.74, 6) is 3.67. The summed E-state index contributed by atoms with van der Waals surface area (Å²) in [6, 6.07) is 0. The summed E-state index contributed by atoms with van der Waals surface area (Å²) >= 11 is 0. The van der Waals surface area contributed by atoms with Crippen LogP contribution in [-0.2, 0) is 20.0 Å². The summed E-state index contributed by atoms with van der Waals surface area (Å²) in [7, 11) is 1.99. The fourth-order valence-corrected chi connectivity index (χ4v) is 4.90. The Balaban J connectivity index is 1.35. The molecule has 0 radical (unpaired) electrons. The van der Waals surface area contributed by atoms with Crippen LogP contribution in [-0.4, -0.2) is 50.8 Å². The summed E-state index contributed by atoms with van der Waals surface area (Å²) in [4.78, 5) is 15.3. The highest BCUT2D eigenvalue weighted by molar-refractivity contribution is 5.51. The maximum absolute atomic E-state index is 5.18. The zero-order chi connectivity index (χ0) is 19.1. The van der Waals surface area contributed by atoms with E-state index in [1.807, 2.05) is 17.9 Å². The van der Waals surface area contributed by atoms with Gasteiger partial charge in [-0.25, -0.2) is 9.97 Å². The number of nitrogens with zero attached hydrogens (tertiary/aromatic N) is 6. The SMILES string of the molecule is Cc1nc(C2CCCN(Cc3cnn(C)c3)C2)nc2c1CCCN2CC1CC1. The fraction of sp³-hybridized carbons (Fsp3) is 0.682. The van der Waals surface area contributed by atoms with Gasteiger partial charge in [-0.2, -0.15) is 5.10 Å². The van der Waals surface area contributed by atoms with Gasteiger partial charge >= 0.3 is 0 Å². The van der Waals surface area contributed by atoms with Gasteiger partial charge in [0.15, 0.2) is 0 Å². The van der Waals surface area contributed by atoms with Crippen LogP contribution >= 0.6 is 0 Å². The lowest BCUT2D eigenvalue weighted by molar-refractivity contribution is 0.196. The van der Waals surface area contributed by atoms with Gasteiger partial charge in [-0.15, -0.1) is 0 Å². The predicted octanol–water partition coefficient (Wildman–Crippen LogP) is 3.06. The molecule has 2 aromatic rings. The van der Waals surface area contributed by atoms with E-state index in [-0.39, 0.29) is 0 Å². The number of hydrogen-bond donors (Lipinski definition) is 0. The van der Waals surface area contributed by atoms with Gasteiger partial charge in [0.25, 0.3) is 0 Å². The lowest BCUT2D eigenvalue weighted by Crippen LogP contribution is -2.36. The molecule has 4 heterocycles. The molecule has 1 unspecified atom stereocenters. The Kier molecular flexibility index (Phi) is 4.83. The average molecular weight is 381 g/mol. The van der Waals surface area contributed by atoms with Crippen LogP contribution in [0.5, 0.6) is 0 Å². The third-order valence-electron chi connectivity index (χ3n) is 6.57. The molecule has 1 saturated carbocycles. The molecular weight excluding hydrogens is 348 g/mol. The second kappa shape index (κ2) is 7.47. The van der Waals surface area contributed by atoms with Gasteiger partial charge in [-0.3, -0.25) is 9.58 Å². The molecule has 6 heteroatoms. The molecule has 0 spiro atoms. The molecule has 1 aliphatic carbocycles. The van der Waals surface area contributed by atoms with E-state index in [0.29, 0.717) is 5.92 Å². The minimum Gasteiger partial charge on any atom is -0.356 e. The highest BCUT2D eigenvalue weighted by Crippen LogP contribution is 2.36. The maximum atomic E-state index is 5.18. The number of fused-ring (bicyclic) bond motifs is 1. The van der Waals surface area contributed by atoms with E-state index in [1.165, 1.54) is 61.3 Å². The quantitative estimate of drug-likeness (QED) is 0.798. The first kappa shape index (κ1) is 18.1. The van der Waals surface area contributed by atoms with Crippen molar-refractivity contribution in [1.82, 2.24) is 24.6 Å². The Morgan fingerprint density at radius 2 is 2.00 bits per heavy atom. The number of likely N-dealkylation sites (tertiary alicyclic amines) is 1. The van der Waals surface area contributed by atoms with Crippen LogP contribution in [0.25, 0.3) is 0 Å². The van der Waals surface area contributed by atoms with E-state index in [4.69, 9.17) is 9.97 Å². The number of aromatic nitrogens is 4. The van der Waals surface area contributed by atoms with Crippen molar-refractivity contribution in [2.45, 2.75) is 57.9 Å². The lowest BCUT2D eigenvalue weighted by Gasteiger charge is -2.34. The standard InChI is InChI=1S/C22H32N6/c1-16-20-6-4-10-28(14-17-7-8-17)22(20)25-21(24-16)19-5-3-9-27(15-19)13-18-11-23-26(2)12-18/h11-12,17,19H,3-10,13-15H2,1-2H3. The van der Waals surface area contributed by atoms with Crippen molar-refractivity contribution >= 4 is 5.82 Å². The molecule has 6 nitrogen and oxygen atoms in total. The summed E-state index contributed by atoms with van der Waals surface area (Å²) in [6.45, 7) is 7.74. The van der Waals surface area contributed by atoms with Gasteiger partial charge in [-0.1, -0.05) is 0 Å². The van der Waals surface area contributed by atoms with Crippen LogP contribution in [0.2, 0.25) is 0 Å². The van der Waals surface area contributed by atoms with E-state index < -0.39 is 0 Å². The Morgan fingerprint density at radius 3 is 2.79 bits per heavy atom. The van der Waals surface area contributed by atoms with Crippen LogP contribution in [0.4, 0.5) is 5.82 Å². The number of hydrogen-bond acceptors (Lipinski definition) is 5. The molecule has 0 bridgehead atoms. The topological polar surface area (TPSA) is 50.1 Å². The van der Waals surface area contributed by atoms with Crippen molar-refractivity contribution < 1.29 is 0 Å². The molecule has 28 heavy (non-hydrogen) atoms. The second-order valence-electron chi connectivity index (χ2n) is 9.06. The summed E-state index contributed by atoms with van der Waals surface area (Å²) in [6.07, 6.45) is 11.7. The van der Waals surface area contributed by atoms with Gasteiger partial charge in [0.05, 0.1) is 6.20 Å². The van der Waals surface area contributed by atoms with Crippen molar-refractivity contribution in [1.29, 1.82) is 0 Å². The number of rotatable bonds is 5. The van der Waals surface area contributed by atoms with Crippen LogP contribution in [0.15, 0.2) is 12.4 Å². The normalized spacial score (nSPS) is 23.1. The van der Waals surface area contributed by atoms with Crippen molar-refractivity contribution in [3.63, 3.8) is 0 Å². The highest BCUT2D eigenvalue weighted by atomic mass is 15.2. The van der Waals surface area contributed by atoms with E-state index in [1.54, 1.807) is 0 Å². The molecule has 2 aromatic heterocycles. The maximum Gasteiger partial charge on any atom is 0.135 e. The van der Waals surface area contributed by atoms with Crippen molar-refractivity contribution in [3.8, 4) is 0 Å². The van der Waals surface area contributed by atoms with Gasteiger partial charge in [0.1, 0.15) is 11.6 Å². The van der Waals surface area contributed by atoms with Crippen molar-refractivity contribution in [2.75, 3.05) is 31.1 Å². The smallest absolute Gasteiger partial charge is 0.135 e. The number of aryl methyl sites for hydroxylation is 2. The molecule has 1 saturated heterocycles. The van der Waals surface area contributed by atoms with Crippen LogP contribution in [0, 0.1) is 12.8 Å². The third-order valence-corrected chi connectivity index (χ3v) is 6.57. The van der Waals surface area contributed by atoms with Crippen LogP contribution in [0.3, 0.4) is 0 Å². The molecule has 150 valence electrons. The van der Waals surface area contributed by atoms with Gasteiger partial charge < -0.3 is 4.90 Å². The van der Waals surface area contributed by atoms with E-state index >= 15 is 0 Å². The molecule has 0 aromatic carbocycles. The monoisotopic (exact) mass is 380 g/mol. The minimum atomic E-state index is 0.444. The predicted molar refractivity (Wildman–Crippen MR) is 110 cm³/mol. The van der Waals surface area contributed by atoms with Gasteiger partial charge in [-0.05, 0) is 57.9 Å². The van der Waals surface area contributed by atoms with E-state index in [9.17, 15) is 0 Å².